The molecular weight excluding hydrogens is 274 g/mol. The van der Waals surface area contributed by atoms with Gasteiger partial charge in [0.1, 0.15) is 11.6 Å². The summed E-state index contributed by atoms with van der Waals surface area (Å²) in [7, 11) is 3.93. The molecule has 0 amide bonds. The first-order valence-electron chi connectivity index (χ1n) is 7.44. The van der Waals surface area contributed by atoms with E-state index in [-0.39, 0.29) is 11.1 Å². The van der Waals surface area contributed by atoms with Gasteiger partial charge in [-0.25, -0.2) is 0 Å². The van der Waals surface area contributed by atoms with Gasteiger partial charge in [-0.15, -0.1) is 0 Å². The van der Waals surface area contributed by atoms with E-state index in [9.17, 15) is 4.79 Å². The molecule has 2 rings (SSSR count). The second-order valence-electron chi connectivity index (χ2n) is 5.55. The van der Waals surface area contributed by atoms with E-state index in [1.54, 1.807) is 10.6 Å². The maximum absolute atomic E-state index is 12.5. The van der Waals surface area contributed by atoms with Crippen LogP contribution < -0.4 is 5.56 Å². The predicted octanol–water partition coefficient (Wildman–Crippen LogP) is 2.51. The number of aryl methyl sites for hydroxylation is 1. The van der Waals surface area contributed by atoms with Gasteiger partial charge in [0, 0.05) is 13.1 Å². The first-order chi connectivity index (χ1) is 10.6. The SMILES string of the molecule is CCc1ccc(-c2ccc(C#N)c(=O)n2CCN(C)C)cc1. The van der Waals surface area contributed by atoms with Crippen LogP contribution in [0.2, 0.25) is 0 Å². The maximum Gasteiger partial charge on any atom is 0.268 e. The topological polar surface area (TPSA) is 49.0 Å². The minimum Gasteiger partial charge on any atom is -0.308 e. The molecule has 1 aromatic heterocycles. The van der Waals surface area contributed by atoms with Crippen molar-refractivity contribution in [3.05, 3.63) is 57.9 Å². The van der Waals surface area contributed by atoms with E-state index < -0.39 is 0 Å². The third-order valence-electron chi connectivity index (χ3n) is 3.72. The predicted molar refractivity (Wildman–Crippen MR) is 88.8 cm³/mol. The zero-order valence-electron chi connectivity index (χ0n) is 13.3. The molecule has 2 aromatic rings. The van der Waals surface area contributed by atoms with E-state index in [4.69, 9.17) is 5.26 Å². The van der Waals surface area contributed by atoms with Gasteiger partial charge in [0.25, 0.3) is 5.56 Å². The number of nitrogens with zero attached hydrogens (tertiary/aromatic N) is 3. The Balaban J connectivity index is 2.51. The average Bonchev–Trinajstić information content (AvgIpc) is 2.53. The molecule has 0 bridgehead atoms. The second-order valence-corrected chi connectivity index (χ2v) is 5.55. The summed E-state index contributed by atoms with van der Waals surface area (Å²) in [5.74, 6) is 0. The minimum atomic E-state index is -0.221. The average molecular weight is 295 g/mol. The van der Waals surface area contributed by atoms with Crippen LogP contribution in [0.5, 0.6) is 0 Å². The number of nitriles is 1. The van der Waals surface area contributed by atoms with Crippen LogP contribution in [0, 0.1) is 11.3 Å². The van der Waals surface area contributed by atoms with E-state index in [0.29, 0.717) is 6.54 Å². The molecule has 114 valence electrons. The number of pyridine rings is 1. The molecule has 1 heterocycles. The fourth-order valence-corrected chi connectivity index (χ4v) is 2.35. The third kappa shape index (κ3) is 3.44. The smallest absolute Gasteiger partial charge is 0.268 e. The molecule has 0 atom stereocenters. The highest BCUT2D eigenvalue weighted by Crippen LogP contribution is 2.19. The van der Waals surface area contributed by atoms with Crippen molar-refractivity contribution in [2.45, 2.75) is 19.9 Å². The van der Waals surface area contributed by atoms with Crippen LogP contribution in [0.15, 0.2) is 41.2 Å². The highest BCUT2D eigenvalue weighted by Gasteiger charge is 2.10. The Hall–Kier alpha value is -2.38. The highest BCUT2D eigenvalue weighted by atomic mass is 16.1. The van der Waals surface area contributed by atoms with Crippen LogP contribution in [0.3, 0.4) is 0 Å². The van der Waals surface area contributed by atoms with Crippen LogP contribution in [0.1, 0.15) is 18.1 Å². The number of likely N-dealkylation sites (N-methyl/N-ethyl adjacent to an activating group) is 1. The molecule has 22 heavy (non-hydrogen) atoms. The molecule has 0 N–H and O–H groups in total. The largest absolute Gasteiger partial charge is 0.308 e. The first-order valence-corrected chi connectivity index (χ1v) is 7.44. The molecule has 4 heteroatoms. The fourth-order valence-electron chi connectivity index (χ4n) is 2.35. The minimum absolute atomic E-state index is 0.188. The zero-order valence-corrected chi connectivity index (χ0v) is 13.3. The van der Waals surface area contributed by atoms with Crippen LogP contribution in [-0.2, 0) is 13.0 Å². The number of benzene rings is 1. The lowest BCUT2D eigenvalue weighted by Crippen LogP contribution is -2.29. The van der Waals surface area contributed by atoms with Crippen molar-refractivity contribution in [3.8, 4) is 17.3 Å². The maximum atomic E-state index is 12.5. The summed E-state index contributed by atoms with van der Waals surface area (Å²) in [6, 6.07) is 13.7. The molecule has 0 fully saturated rings. The van der Waals surface area contributed by atoms with Gasteiger partial charge in [-0.3, -0.25) is 4.79 Å². The van der Waals surface area contributed by atoms with Gasteiger partial charge >= 0.3 is 0 Å². The fraction of sp³-hybridized carbons (Fsp3) is 0.333. The summed E-state index contributed by atoms with van der Waals surface area (Å²) in [6.45, 7) is 3.42. The van der Waals surface area contributed by atoms with E-state index >= 15 is 0 Å². The summed E-state index contributed by atoms with van der Waals surface area (Å²) in [5, 5.41) is 9.08. The standard InChI is InChI=1S/C18H21N3O/c1-4-14-5-7-15(8-6-14)17-10-9-16(13-19)18(22)21(17)12-11-20(2)3/h5-10H,4,11-12H2,1-3H3. The van der Waals surface area contributed by atoms with E-state index in [2.05, 4.69) is 19.1 Å². The van der Waals surface area contributed by atoms with Crippen molar-refractivity contribution in [3.63, 3.8) is 0 Å². The Morgan fingerprint density at radius 3 is 2.36 bits per heavy atom. The van der Waals surface area contributed by atoms with Gasteiger partial charge in [-0.1, -0.05) is 31.2 Å². The highest BCUT2D eigenvalue weighted by molar-refractivity contribution is 5.60. The van der Waals surface area contributed by atoms with Crippen molar-refractivity contribution in [1.82, 2.24) is 9.47 Å². The third-order valence-corrected chi connectivity index (χ3v) is 3.72. The monoisotopic (exact) mass is 295 g/mol. The van der Waals surface area contributed by atoms with Crippen molar-refractivity contribution in [2.24, 2.45) is 0 Å². The molecular formula is C18H21N3O. The van der Waals surface area contributed by atoms with Crippen molar-refractivity contribution >= 4 is 0 Å². The van der Waals surface area contributed by atoms with Crippen LogP contribution in [0.25, 0.3) is 11.3 Å². The molecule has 0 unspecified atom stereocenters. The zero-order chi connectivity index (χ0) is 16.1. The lowest BCUT2D eigenvalue weighted by atomic mass is 10.1. The van der Waals surface area contributed by atoms with Crippen molar-refractivity contribution in [2.75, 3.05) is 20.6 Å². The molecule has 0 aliphatic carbocycles. The molecule has 0 aliphatic heterocycles. The summed E-state index contributed by atoms with van der Waals surface area (Å²) in [4.78, 5) is 14.5. The van der Waals surface area contributed by atoms with Gasteiger partial charge in [0.2, 0.25) is 0 Å². The number of rotatable bonds is 5. The molecule has 0 saturated carbocycles. The molecule has 0 spiro atoms. The van der Waals surface area contributed by atoms with Gasteiger partial charge in [-0.2, -0.15) is 5.26 Å². The summed E-state index contributed by atoms with van der Waals surface area (Å²) >= 11 is 0. The van der Waals surface area contributed by atoms with Crippen LogP contribution in [-0.4, -0.2) is 30.1 Å². The Morgan fingerprint density at radius 2 is 1.82 bits per heavy atom. The Bertz CT molecular complexity index is 736. The van der Waals surface area contributed by atoms with E-state index in [0.717, 1.165) is 24.2 Å². The molecule has 0 saturated heterocycles. The second kappa shape index (κ2) is 7.06. The summed E-state index contributed by atoms with van der Waals surface area (Å²) in [6.07, 6.45) is 0.987. The van der Waals surface area contributed by atoms with Crippen LogP contribution in [0.4, 0.5) is 0 Å². The normalized spacial score (nSPS) is 10.7. The lowest BCUT2D eigenvalue weighted by molar-refractivity contribution is 0.382. The number of hydrogen-bond acceptors (Lipinski definition) is 3. The summed E-state index contributed by atoms with van der Waals surface area (Å²) < 4.78 is 1.69. The van der Waals surface area contributed by atoms with Crippen molar-refractivity contribution in [1.29, 1.82) is 5.26 Å². The molecule has 0 aliphatic rings. The van der Waals surface area contributed by atoms with E-state index in [1.807, 2.05) is 43.3 Å². The number of aromatic nitrogens is 1. The Morgan fingerprint density at radius 1 is 1.14 bits per heavy atom. The quantitative estimate of drug-likeness (QED) is 0.851. The van der Waals surface area contributed by atoms with Crippen molar-refractivity contribution < 1.29 is 0 Å². The Labute approximate surface area is 131 Å². The van der Waals surface area contributed by atoms with E-state index in [1.165, 1.54) is 5.56 Å². The van der Waals surface area contributed by atoms with Crippen LogP contribution >= 0.6 is 0 Å². The first kappa shape index (κ1) is 16.0. The molecule has 0 radical (unpaired) electrons. The summed E-state index contributed by atoms with van der Waals surface area (Å²) in [5.41, 5.74) is 3.08. The molecule has 4 nitrogen and oxygen atoms in total. The van der Waals surface area contributed by atoms with Gasteiger partial charge in [0.15, 0.2) is 0 Å². The Kier molecular flexibility index (Phi) is 5.13. The van der Waals surface area contributed by atoms with Gasteiger partial charge < -0.3 is 9.47 Å². The number of hydrogen-bond donors (Lipinski definition) is 0. The lowest BCUT2D eigenvalue weighted by Gasteiger charge is -2.16. The van der Waals surface area contributed by atoms with Gasteiger partial charge in [-0.05, 0) is 43.8 Å². The molecule has 1 aromatic carbocycles. The van der Waals surface area contributed by atoms with Gasteiger partial charge in [0.05, 0.1) is 5.69 Å².